The van der Waals surface area contributed by atoms with Gasteiger partial charge in [0.2, 0.25) is 0 Å². The number of amides is 2. The average Bonchev–Trinajstić information content (AvgIpc) is 3.20. The molecule has 196 valence electrons. The van der Waals surface area contributed by atoms with Crippen molar-refractivity contribution >= 4 is 22.6 Å². The van der Waals surface area contributed by atoms with Crippen LogP contribution in [-0.4, -0.2) is 17.1 Å². The first kappa shape index (κ1) is 27.8. The lowest BCUT2D eigenvalue weighted by molar-refractivity contribution is 0.249. The van der Waals surface area contributed by atoms with E-state index >= 15 is 0 Å². The van der Waals surface area contributed by atoms with Gasteiger partial charge in [-0.05, 0) is 47.4 Å². The first-order chi connectivity index (χ1) is 17.2. The van der Waals surface area contributed by atoms with E-state index in [2.05, 4.69) is 102 Å². The maximum Gasteiger partial charge on any atom is 0.319 e. The van der Waals surface area contributed by atoms with E-state index in [0.717, 1.165) is 44.2 Å². The summed E-state index contributed by atoms with van der Waals surface area (Å²) in [7, 11) is 2.13. The molecule has 3 rings (SSSR count). The van der Waals surface area contributed by atoms with E-state index in [4.69, 9.17) is 5.73 Å². The third-order valence-corrected chi connectivity index (χ3v) is 7.83. The van der Waals surface area contributed by atoms with Gasteiger partial charge in [0.05, 0.1) is 5.69 Å². The maximum atomic E-state index is 13.3. The van der Waals surface area contributed by atoms with Crippen LogP contribution in [-0.2, 0) is 12.5 Å². The van der Waals surface area contributed by atoms with E-state index in [0.29, 0.717) is 18.4 Å². The molecule has 0 aliphatic heterocycles. The predicted molar refractivity (Wildman–Crippen MR) is 155 cm³/mol. The van der Waals surface area contributed by atoms with Crippen LogP contribution < -0.4 is 10.6 Å². The summed E-state index contributed by atoms with van der Waals surface area (Å²) in [5.41, 5.74) is 12.1. The lowest BCUT2D eigenvalue weighted by Crippen LogP contribution is -2.47. The van der Waals surface area contributed by atoms with Crippen LogP contribution in [0.3, 0.4) is 0 Å². The fourth-order valence-corrected chi connectivity index (χ4v) is 5.83. The number of urea groups is 1. The number of unbranched alkanes of at least 4 members (excludes halogenated alkanes) is 2. The van der Waals surface area contributed by atoms with E-state index < -0.39 is 0 Å². The van der Waals surface area contributed by atoms with Gasteiger partial charge in [-0.25, -0.2) is 4.79 Å². The highest BCUT2D eigenvalue weighted by Crippen LogP contribution is 2.43. The summed E-state index contributed by atoms with van der Waals surface area (Å²) in [6.45, 7) is 13.9. The van der Waals surface area contributed by atoms with Gasteiger partial charge in [0.25, 0.3) is 0 Å². The van der Waals surface area contributed by atoms with E-state index in [9.17, 15) is 4.79 Å². The summed E-state index contributed by atoms with van der Waals surface area (Å²) in [5, 5.41) is 1.29. The Kier molecular flexibility index (Phi) is 9.27. The van der Waals surface area contributed by atoms with Crippen molar-refractivity contribution in [1.82, 2.24) is 4.57 Å². The van der Waals surface area contributed by atoms with E-state index in [1.807, 2.05) is 4.90 Å². The molecule has 2 amide bonds. The molecule has 0 unspecified atom stereocenters. The highest BCUT2D eigenvalue weighted by molar-refractivity contribution is 5.93. The van der Waals surface area contributed by atoms with Crippen LogP contribution in [0.1, 0.15) is 109 Å². The number of carbonyl (C=O) groups excluding carboxylic acids is 1. The quantitative estimate of drug-likeness (QED) is 0.272. The Bertz CT molecular complexity index is 1120. The number of aromatic nitrogens is 1. The smallest absolute Gasteiger partial charge is 0.319 e. The number of para-hydroxylation sites is 2. The average molecular weight is 490 g/mol. The number of benzene rings is 2. The van der Waals surface area contributed by atoms with Crippen LogP contribution in [0.5, 0.6) is 0 Å². The SMILES string of the molecule is CCCCC(CCCC)(CN(C(N)=O)c1c(C(C)C)cccc1C(C)C)c1cn(C)c2ccccc12. The molecule has 0 radical (unpaired) electrons. The number of hydrogen-bond acceptors (Lipinski definition) is 1. The van der Waals surface area contributed by atoms with Crippen molar-refractivity contribution in [1.29, 1.82) is 0 Å². The van der Waals surface area contributed by atoms with Crippen molar-refractivity contribution in [3.63, 3.8) is 0 Å². The Hall–Kier alpha value is -2.75. The fraction of sp³-hybridized carbons (Fsp3) is 0.531. The minimum absolute atomic E-state index is 0.180. The van der Waals surface area contributed by atoms with Gasteiger partial charge in [-0.15, -0.1) is 0 Å². The second kappa shape index (κ2) is 12.0. The molecule has 4 nitrogen and oxygen atoms in total. The molecule has 0 saturated heterocycles. The largest absolute Gasteiger partial charge is 0.351 e. The van der Waals surface area contributed by atoms with Gasteiger partial charge in [-0.1, -0.05) is 104 Å². The molecule has 4 heteroatoms. The second-order valence-electron chi connectivity index (χ2n) is 11.2. The third kappa shape index (κ3) is 5.63. The van der Waals surface area contributed by atoms with E-state index in [1.54, 1.807) is 0 Å². The van der Waals surface area contributed by atoms with Gasteiger partial charge >= 0.3 is 6.03 Å². The molecule has 0 atom stereocenters. The molecule has 0 spiro atoms. The van der Waals surface area contributed by atoms with E-state index in [-0.39, 0.29) is 11.4 Å². The normalized spacial score (nSPS) is 12.1. The Balaban J connectivity index is 2.29. The summed E-state index contributed by atoms with van der Waals surface area (Å²) >= 11 is 0. The zero-order valence-corrected chi connectivity index (χ0v) is 23.6. The van der Waals surface area contributed by atoms with Crippen molar-refractivity contribution < 1.29 is 4.79 Å². The lowest BCUT2D eigenvalue weighted by atomic mass is 9.72. The molecule has 0 bridgehead atoms. The van der Waals surface area contributed by atoms with Crippen LogP contribution >= 0.6 is 0 Å². The molecule has 1 aromatic heterocycles. The number of carbonyl (C=O) groups is 1. The number of fused-ring (bicyclic) bond motifs is 1. The minimum Gasteiger partial charge on any atom is -0.351 e. The van der Waals surface area contributed by atoms with Gasteiger partial charge in [0.1, 0.15) is 0 Å². The van der Waals surface area contributed by atoms with E-state index in [1.165, 1.54) is 27.6 Å². The number of nitrogens with zero attached hydrogens (tertiary/aromatic N) is 2. The number of rotatable bonds is 12. The van der Waals surface area contributed by atoms with Crippen LogP contribution in [0.25, 0.3) is 10.9 Å². The molecular weight excluding hydrogens is 442 g/mol. The number of hydrogen-bond donors (Lipinski definition) is 1. The number of primary amides is 1. The number of anilines is 1. The lowest BCUT2D eigenvalue weighted by Gasteiger charge is -2.40. The van der Waals surface area contributed by atoms with Crippen LogP contribution in [0, 0.1) is 0 Å². The van der Waals surface area contributed by atoms with Crippen molar-refractivity contribution in [3.8, 4) is 0 Å². The van der Waals surface area contributed by atoms with Crippen LogP contribution in [0.4, 0.5) is 10.5 Å². The summed E-state index contributed by atoms with van der Waals surface area (Å²) in [6.07, 6.45) is 8.84. The molecule has 0 saturated carbocycles. The van der Waals surface area contributed by atoms with Gasteiger partial charge in [-0.3, -0.25) is 4.90 Å². The Morgan fingerprint density at radius 3 is 1.97 bits per heavy atom. The van der Waals surface area contributed by atoms with Gasteiger partial charge < -0.3 is 10.3 Å². The number of aryl methyl sites for hydroxylation is 1. The maximum absolute atomic E-state index is 13.3. The molecular formula is C32H47N3O. The first-order valence-corrected chi connectivity index (χ1v) is 13.9. The molecule has 2 aromatic carbocycles. The van der Waals surface area contributed by atoms with Crippen molar-refractivity contribution in [2.24, 2.45) is 12.8 Å². The van der Waals surface area contributed by atoms with Crippen molar-refractivity contribution in [2.75, 3.05) is 11.4 Å². The topological polar surface area (TPSA) is 51.3 Å². The molecule has 0 fully saturated rings. The Morgan fingerprint density at radius 2 is 1.47 bits per heavy atom. The molecule has 1 heterocycles. The van der Waals surface area contributed by atoms with Gasteiger partial charge in [0.15, 0.2) is 0 Å². The standard InChI is InChI=1S/C32H47N3O/c1-8-10-19-32(20-11-9-2,28-21-34(7)29-18-13-12-15-27(28)29)22-35(31(33)36)30-25(23(3)4)16-14-17-26(30)24(5)6/h12-18,21,23-24H,8-11,19-20,22H2,1-7H3,(H2,33,36). The second-order valence-corrected chi connectivity index (χ2v) is 11.2. The Labute approximate surface area is 218 Å². The third-order valence-electron chi connectivity index (χ3n) is 7.83. The van der Waals surface area contributed by atoms with Crippen molar-refractivity contribution in [2.45, 2.75) is 97.3 Å². The van der Waals surface area contributed by atoms with Crippen molar-refractivity contribution in [3.05, 3.63) is 65.4 Å². The summed E-state index contributed by atoms with van der Waals surface area (Å²) in [5.74, 6) is 0.581. The molecule has 0 aliphatic carbocycles. The molecule has 3 aromatic rings. The summed E-state index contributed by atoms with van der Waals surface area (Å²) < 4.78 is 2.24. The fourth-order valence-electron chi connectivity index (χ4n) is 5.83. The summed E-state index contributed by atoms with van der Waals surface area (Å²) in [6, 6.07) is 14.8. The summed E-state index contributed by atoms with van der Waals surface area (Å²) in [4.78, 5) is 15.2. The molecule has 36 heavy (non-hydrogen) atoms. The first-order valence-electron chi connectivity index (χ1n) is 13.9. The minimum atomic E-state index is -0.359. The Morgan fingerprint density at radius 1 is 0.917 bits per heavy atom. The number of nitrogens with two attached hydrogens (primary N) is 1. The highest BCUT2D eigenvalue weighted by atomic mass is 16.2. The monoisotopic (exact) mass is 489 g/mol. The van der Waals surface area contributed by atoms with Gasteiger partial charge in [-0.2, -0.15) is 0 Å². The van der Waals surface area contributed by atoms with Gasteiger partial charge in [0, 0.05) is 36.1 Å². The highest BCUT2D eigenvalue weighted by Gasteiger charge is 2.38. The zero-order valence-electron chi connectivity index (χ0n) is 23.6. The zero-order chi connectivity index (χ0) is 26.5. The predicted octanol–water partition coefficient (Wildman–Crippen LogP) is 8.63. The van der Waals surface area contributed by atoms with Crippen LogP contribution in [0.2, 0.25) is 0 Å². The molecule has 2 N–H and O–H groups in total. The molecule has 0 aliphatic rings. The van der Waals surface area contributed by atoms with Crippen LogP contribution in [0.15, 0.2) is 48.7 Å².